The molecule has 1 aromatic rings. The molecule has 26 heavy (non-hydrogen) atoms. The first kappa shape index (κ1) is 23.1. The summed E-state index contributed by atoms with van der Waals surface area (Å²) in [6.45, 7) is 6.93. The number of halogens is 1. The molecule has 2 unspecified atom stereocenters. The van der Waals surface area contributed by atoms with E-state index in [-0.39, 0.29) is 41.6 Å². The van der Waals surface area contributed by atoms with Crippen LogP contribution in [0.4, 0.5) is 0 Å². The molecule has 1 aliphatic heterocycles. The fourth-order valence-corrected chi connectivity index (χ4v) is 3.22. The lowest BCUT2D eigenvalue weighted by atomic mass is 9.88. The third-order valence-corrected chi connectivity index (χ3v) is 4.64. The Hall–Kier alpha value is -0.900. The van der Waals surface area contributed by atoms with E-state index in [9.17, 15) is 0 Å². The highest BCUT2D eigenvalue weighted by Gasteiger charge is 2.33. The van der Waals surface area contributed by atoms with Crippen molar-refractivity contribution in [2.75, 3.05) is 33.5 Å². The molecule has 1 aromatic carbocycles. The third kappa shape index (κ3) is 7.38. The van der Waals surface area contributed by atoms with E-state index < -0.39 is 0 Å². The lowest BCUT2D eigenvalue weighted by Crippen LogP contribution is -2.53. The zero-order valence-electron chi connectivity index (χ0n) is 16.0. The number of nitrogens with two attached hydrogens (primary N) is 1. The average Bonchev–Trinajstić information content (AvgIpc) is 2.62. The van der Waals surface area contributed by atoms with Crippen molar-refractivity contribution < 1.29 is 9.47 Å². The van der Waals surface area contributed by atoms with Gasteiger partial charge in [0, 0.05) is 37.9 Å². The minimum absolute atomic E-state index is 0. The lowest BCUT2D eigenvalue weighted by Gasteiger charge is -2.39. The molecule has 0 spiro atoms. The third-order valence-electron chi connectivity index (χ3n) is 4.64. The Morgan fingerprint density at radius 2 is 1.92 bits per heavy atom. The normalized spacial score (nSPS) is 19.3. The lowest BCUT2D eigenvalue weighted by molar-refractivity contribution is 0.0374. The fraction of sp³-hybridized carbons (Fsp3) is 0.632. The van der Waals surface area contributed by atoms with Gasteiger partial charge in [0.15, 0.2) is 5.96 Å². The molecular weight excluding hydrogens is 443 g/mol. The highest BCUT2D eigenvalue weighted by molar-refractivity contribution is 14.0. The van der Waals surface area contributed by atoms with Crippen LogP contribution in [-0.4, -0.2) is 51.0 Å². The van der Waals surface area contributed by atoms with Crippen LogP contribution >= 0.6 is 24.0 Å². The van der Waals surface area contributed by atoms with E-state index in [4.69, 9.17) is 15.2 Å². The van der Waals surface area contributed by atoms with Crippen LogP contribution < -0.4 is 16.4 Å². The van der Waals surface area contributed by atoms with E-state index in [0.717, 1.165) is 26.1 Å². The van der Waals surface area contributed by atoms with Gasteiger partial charge in [0.25, 0.3) is 0 Å². The molecule has 6 nitrogen and oxygen atoms in total. The number of ether oxygens (including phenoxy) is 2. The predicted octanol–water partition coefficient (Wildman–Crippen LogP) is 2.44. The largest absolute Gasteiger partial charge is 0.383 e. The quantitative estimate of drug-likeness (QED) is 0.305. The molecule has 0 aromatic heterocycles. The highest BCUT2D eigenvalue weighted by atomic mass is 127. The standard InChI is InChI=1S/C19H32N4O2.HI/c1-15(13-24-3)22-18(20)21-14-19(9-11-25-12-10-19)23-16(2)17-7-5-4-6-8-17;/h4-8,15-16,23H,9-14H2,1-3H3,(H3,20,21,22);1H. The zero-order chi connectivity index (χ0) is 18.1. The number of hydrogen-bond acceptors (Lipinski definition) is 4. The average molecular weight is 476 g/mol. The van der Waals surface area contributed by atoms with Gasteiger partial charge >= 0.3 is 0 Å². The van der Waals surface area contributed by atoms with Gasteiger partial charge in [-0.3, -0.25) is 4.99 Å². The summed E-state index contributed by atoms with van der Waals surface area (Å²) in [7, 11) is 1.68. The number of nitrogens with one attached hydrogen (secondary N) is 2. The first-order valence-electron chi connectivity index (χ1n) is 9.00. The molecule has 4 N–H and O–H groups in total. The van der Waals surface area contributed by atoms with Crippen molar-refractivity contribution in [1.82, 2.24) is 10.6 Å². The maximum absolute atomic E-state index is 6.05. The van der Waals surface area contributed by atoms with E-state index in [1.54, 1.807) is 7.11 Å². The molecule has 0 aliphatic carbocycles. The second kappa shape index (κ2) is 11.7. The molecule has 2 atom stereocenters. The highest BCUT2D eigenvalue weighted by Crippen LogP contribution is 2.25. The second-order valence-electron chi connectivity index (χ2n) is 6.87. The van der Waals surface area contributed by atoms with Crippen molar-refractivity contribution in [1.29, 1.82) is 0 Å². The summed E-state index contributed by atoms with van der Waals surface area (Å²) >= 11 is 0. The van der Waals surface area contributed by atoms with Gasteiger partial charge in [-0.25, -0.2) is 0 Å². The van der Waals surface area contributed by atoms with Crippen LogP contribution in [0.25, 0.3) is 0 Å². The Morgan fingerprint density at radius 1 is 1.27 bits per heavy atom. The molecule has 1 fully saturated rings. The van der Waals surface area contributed by atoms with Crippen LogP contribution in [0.3, 0.4) is 0 Å². The van der Waals surface area contributed by atoms with Crippen molar-refractivity contribution in [3.63, 3.8) is 0 Å². The SMILES string of the molecule is COCC(C)NC(N)=NCC1(NC(C)c2ccccc2)CCOCC1.I. The maximum atomic E-state index is 6.05. The fourth-order valence-electron chi connectivity index (χ4n) is 3.22. The van der Waals surface area contributed by atoms with Crippen LogP contribution in [0.15, 0.2) is 35.3 Å². The van der Waals surface area contributed by atoms with E-state index in [0.29, 0.717) is 19.1 Å². The molecule has 0 saturated carbocycles. The molecule has 2 rings (SSSR count). The van der Waals surface area contributed by atoms with Crippen molar-refractivity contribution in [2.24, 2.45) is 10.7 Å². The first-order valence-corrected chi connectivity index (χ1v) is 9.00. The summed E-state index contributed by atoms with van der Waals surface area (Å²) in [4.78, 5) is 4.60. The Bertz CT molecular complexity index is 536. The van der Waals surface area contributed by atoms with Gasteiger partial charge < -0.3 is 25.8 Å². The number of aliphatic imine (C=N–C) groups is 1. The molecule has 148 valence electrons. The first-order chi connectivity index (χ1) is 12.0. The Balaban J connectivity index is 0.00000338. The minimum Gasteiger partial charge on any atom is -0.383 e. The van der Waals surface area contributed by atoms with Crippen LogP contribution in [0, 0.1) is 0 Å². The second-order valence-corrected chi connectivity index (χ2v) is 6.87. The van der Waals surface area contributed by atoms with E-state index in [1.165, 1.54) is 5.56 Å². The zero-order valence-corrected chi connectivity index (χ0v) is 18.4. The number of hydrogen-bond donors (Lipinski definition) is 3. The van der Waals surface area contributed by atoms with Gasteiger partial charge in [-0.2, -0.15) is 0 Å². The van der Waals surface area contributed by atoms with Crippen molar-refractivity contribution in [3.8, 4) is 0 Å². The summed E-state index contributed by atoms with van der Waals surface area (Å²) in [5.41, 5.74) is 7.23. The Morgan fingerprint density at radius 3 is 2.54 bits per heavy atom. The number of guanidine groups is 1. The van der Waals surface area contributed by atoms with E-state index in [1.807, 2.05) is 13.0 Å². The van der Waals surface area contributed by atoms with Gasteiger partial charge in [-0.05, 0) is 32.3 Å². The minimum atomic E-state index is -0.0930. The summed E-state index contributed by atoms with van der Waals surface area (Å²) in [5, 5.41) is 6.95. The molecule has 1 aliphatic rings. The molecule has 0 bridgehead atoms. The molecule has 0 radical (unpaired) electrons. The number of rotatable bonds is 8. The summed E-state index contributed by atoms with van der Waals surface area (Å²) in [6.07, 6.45) is 1.85. The van der Waals surface area contributed by atoms with Gasteiger partial charge in [0.1, 0.15) is 0 Å². The van der Waals surface area contributed by atoms with Gasteiger partial charge in [-0.1, -0.05) is 30.3 Å². The van der Waals surface area contributed by atoms with Crippen LogP contribution in [0.5, 0.6) is 0 Å². The van der Waals surface area contributed by atoms with Crippen LogP contribution in [-0.2, 0) is 9.47 Å². The molecular formula is C19H33IN4O2. The Labute approximate surface area is 174 Å². The van der Waals surface area contributed by atoms with Crippen LogP contribution in [0.2, 0.25) is 0 Å². The smallest absolute Gasteiger partial charge is 0.188 e. The van der Waals surface area contributed by atoms with Crippen molar-refractivity contribution >= 4 is 29.9 Å². The van der Waals surface area contributed by atoms with Crippen molar-refractivity contribution in [3.05, 3.63) is 35.9 Å². The van der Waals surface area contributed by atoms with Crippen LogP contribution in [0.1, 0.15) is 38.3 Å². The van der Waals surface area contributed by atoms with E-state index >= 15 is 0 Å². The monoisotopic (exact) mass is 476 g/mol. The van der Waals surface area contributed by atoms with Gasteiger partial charge in [0.2, 0.25) is 0 Å². The molecule has 7 heteroatoms. The number of nitrogens with zero attached hydrogens (tertiary/aromatic N) is 1. The topological polar surface area (TPSA) is 80.9 Å². The number of methoxy groups -OCH3 is 1. The summed E-state index contributed by atoms with van der Waals surface area (Å²) in [6, 6.07) is 10.9. The summed E-state index contributed by atoms with van der Waals surface area (Å²) in [5.74, 6) is 0.463. The van der Waals surface area contributed by atoms with Gasteiger partial charge in [-0.15, -0.1) is 24.0 Å². The summed E-state index contributed by atoms with van der Waals surface area (Å²) < 4.78 is 10.7. The van der Waals surface area contributed by atoms with Gasteiger partial charge in [0.05, 0.1) is 13.2 Å². The van der Waals surface area contributed by atoms with Crippen molar-refractivity contribution in [2.45, 2.75) is 44.3 Å². The maximum Gasteiger partial charge on any atom is 0.188 e. The molecule has 1 heterocycles. The van der Waals surface area contributed by atoms with E-state index in [2.05, 4.69) is 46.8 Å². The Kier molecular flexibility index (Phi) is 10.4. The molecule has 0 amide bonds. The predicted molar refractivity (Wildman–Crippen MR) is 117 cm³/mol. The molecule has 1 saturated heterocycles. The number of benzene rings is 1.